The maximum absolute atomic E-state index is 6.02. The summed E-state index contributed by atoms with van der Waals surface area (Å²) >= 11 is 6.02. The summed E-state index contributed by atoms with van der Waals surface area (Å²) in [4.78, 5) is 4.50. The van der Waals surface area contributed by atoms with E-state index in [0.29, 0.717) is 17.6 Å². The number of rotatable bonds is 3. The maximum Gasteiger partial charge on any atom is 0.297 e. The normalized spacial score (nSPS) is 16.7. The second-order valence-corrected chi connectivity index (χ2v) is 7.90. The van der Waals surface area contributed by atoms with E-state index in [1.54, 1.807) is 0 Å². The van der Waals surface area contributed by atoms with Crippen LogP contribution in [0.3, 0.4) is 0 Å². The van der Waals surface area contributed by atoms with Crippen molar-refractivity contribution in [3.63, 3.8) is 0 Å². The van der Waals surface area contributed by atoms with Crippen LogP contribution in [0.2, 0.25) is 5.02 Å². The third kappa shape index (κ3) is 3.19. The van der Waals surface area contributed by atoms with Gasteiger partial charge in [-0.2, -0.15) is 4.98 Å². The van der Waals surface area contributed by atoms with Crippen molar-refractivity contribution in [3.05, 3.63) is 53.1 Å². The van der Waals surface area contributed by atoms with Gasteiger partial charge in [-0.25, -0.2) is 0 Å². The number of fused-ring (bicyclic) bond motifs is 3. The number of benzene rings is 2. The van der Waals surface area contributed by atoms with Gasteiger partial charge in [0, 0.05) is 5.02 Å². The second-order valence-electron chi connectivity index (χ2n) is 7.46. The average molecular weight is 357 g/mol. The fourth-order valence-electron chi connectivity index (χ4n) is 3.06. The summed E-state index contributed by atoms with van der Waals surface area (Å²) < 4.78 is 13.9. The van der Waals surface area contributed by atoms with Crippen LogP contribution in [0.25, 0.3) is 11.0 Å². The molecule has 1 aliphatic rings. The number of nitrogens with zero attached hydrogens (tertiary/aromatic N) is 2. The summed E-state index contributed by atoms with van der Waals surface area (Å²) in [6, 6.07) is 14.6. The zero-order chi connectivity index (χ0) is 17.6. The largest absolute Gasteiger partial charge is 0.490 e. The van der Waals surface area contributed by atoms with Gasteiger partial charge in [-0.15, -0.1) is 0 Å². The minimum atomic E-state index is -0.0372. The van der Waals surface area contributed by atoms with Crippen LogP contribution in [0.5, 0.6) is 11.8 Å². The Morgan fingerprint density at radius 3 is 2.68 bits per heavy atom. The molecule has 0 fully saturated rings. The highest BCUT2D eigenvalue weighted by Gasteiger charge is 2.27. The number of hydrogen-bond donors (Lipinski definition) is 0. The van der Waals surface area contributed by atoms with E-state index in [2.05, 4.69) is 42.5 Å². The van der Waals surface area contributed by atoms with Crippen LogP contribution in [0.1, 0.15) is 26.3 Å². The first-order valence-corrected chi connectivity index (χ1v) is 8.84. The van der Waals surface area contributed by atoms with Crippen LogP contribution >= 0.6 is 11.6 Å². The SMILES string of the molecule is CC(C)(C)c1ccc(OC[C@@H]2Cn3c(nc4cc(Cl)ccc43)O2)cc1. The predicted octanol–water partition coefficient (Wildman–Crippen LogP) is 4.83. The summed E-state index contributed by atoms with van der Waals surface area (Å²) in [6.45, 7) is 7.83. The van der Waals surface area contributed by atoms with Gasteiger partial charge in [-0.05, 0) is 41.3 Å². The summed E-state index contributed by atoms with van der Waals surface area (Å²) in [5, 5.41) is 0.683. The number of hydrogen-bond acceptors (Lipinski definition) is 3. The minimum Gasteiger partial charge on any atom is -0.490 e. The summed E-state index contributed by atoms with van der Waals surface area (Å²) in [6.07, 6.45) is -0.0372. The van der Waals surface area contributed by atoms with Crippen LogP contribution < -0.4 is 9.47 Å². The Hall–Kier alpha value is -2.20. The molecule has 0 aliphatic carbocycles. The van der Waals surface area contributed by atoms with E-state index in [1.807, 2.05) is 30.3 Å². The Balaban J connectivity index is 1.41. The van der Waals surface area contributed by atoms with Gasteiger partial charge in [0.2, 0.25) is 0 Å². The first-order chi connectivity index (χ1) is 11.9. The molecule has 0 saturated carbocycles. The van der Waals surface area contributed by atoms with Crippen LogP contribution in [-0.2, 0) is 12.0 Å². The molecular formula is C20H21ClN2O2. The van der Waals surface area contributed by atoms with Crippen molar-refractivity contribution < 1.29 is 9.47 Å². The van der Waals surface area contributed by atoms with Crippen molar-refractivity contribution >= 4 is 22.6 Å². The molecule has 0 radical (unpaired) electrons. The van der Waals surface area contributed by atoms with Gasteiger partial charge in [0.05, 0.1) is 17.6 Å². The van der Waals surface area contributed by atoms with Gasteiger partial charge in [0.1, 0.15) is 12.4 Å². The standard InChI is InChI=1S/C20H21ClN2O2/c1-20(2,3)13-4-7-15(8-5-13)24-12-16-11-23-18-9-6-14(21)10-17(18)22-19(23)25-16/h4-10,16H,11-12H2,1-3H3/t16-/m0/s1. The highest BCUT2D eigenvalue weighted by Crippen LogP contribution is 2.30. The maximum atomic E-state index is 6.02. The first kappa shape index (κ1) is 16.3. The van der Waals surface area contributed by atoms with Gasteiger partial charge in [-0.1, -0.05) is 44.5 Å². The molecule has 4 rings (SSSR count). The van der Waals surface area contributed by atoms with Crippen molar-refractivity contribution in [1.82, 2.24) is 9.55 Å². The van der Waals surface area contributed by atoms with E-state index >= 15 is 0 Å². The van der Waals surface area contributed by atoms with Crippen LogP contribution in [0.4, 0.5) is 0 Å². The van der Waals surface area contributed by atoms with Crippen LogP contribution in [-0.4, -0.2) is 22.3 Å². The van der Waals surface area contributed by atoms with Crippen molar-refractivity contribution in [3.8, 4) is 11.8 Å². The minimum absolute atomic E-state index is 0.0372. The third-order valence-corrected chi connectivity index (χ3v) is 4.72. The highest BCUT2D eigenvalue weighted by molar-refractivity contribution is 6.31. The zero-order valence-electron chi connectivity index (χ0n) is 14.6. The van der Waals surface area contributed by atoms with E-state index in [-0.39, 0.29) is 11.5 Å². The molecule has 0 unspecified atom stereocenters. The molecule has 1 atom stereocenters. The molecule has 0 amide bonds. The fraction of sp³-hybridized carbons (Fsp3) is 0.350. The number of aromatic nitrogens is 2. The molecule has 2 aromatic carbocycles. The molecule has 130 valence electrons. The van der Waals surface area contributed by atoms with Crippen molar-refractivity contribution in [1.29, 1.82) is 0 Å². The molecular weight excluding hydrogens is 336 g/mol. The van der Waals surface area contributed by atoms with Gasteiger partial charge in [-0.3, -0.25) is 4.57 Å². The van der Waals surface area contributed by atoms with Crippen molar-refractivity contribution in [2.75, 3.05) is 6.61 Å². The quantitative estimate of drug-likeness (QED) is 0.674. The monoisotopic (exact) mass is 356 g/mol. The fourth-order valence-corrected chi connectivity index (χ4v) is 3.23. The van der Waals surface area contributed by atoms with E-state index in [9.17, 15) is 0 Å². The lowest BCUT2D eigenvalue weighted by Gasteiger charge is -2.19. The van der Waals surface area contributed by atoms with E-state index in [4.69, 9.17) is 21.1 Å². The lowest BCUT2D eigenvalue weighted by atomic mass is 9.87. The Morgan fingerprint density at radius 2 is 1.96 bits per heavy atom. The summed E-state index contributed by atoms with van der Waals surface area (Å²) in [5.41, 5.74) is 3.34. The number of ether oxygens (including phenoxy) is 2. The van der Waals surface area contributed by atoms with Crippen LogP contribution in [0, 0.1) is 0 Å². The molecule has 5 heteroatoms. The molecule has 0 saturated heterocycles. The molecule has 3 aromatic rings. The first-order valence-electron chi connectivity index (χ1n) is 8.46. The Bertz CT molecular complexity index is 910. The predicted molar refractivity (Wildman–Crippen MR) is 99.8 cm³/mol. The van der Waals surface area contributed by atoms with Gasteiger partial charge < -0.3 is 9.47 Å². The lowest BCUT2D eigenvalue weighted by Crippen LogP contribution is -2.23. The molecule has 25 heavy (non-hydrogen) atoms. The third-order valence-electron chi connectivity index (χ3n) is 4.49. The van der Waals surface area contributed by atoms with E-state index < -0.39 is 0 Å². The Kier molecular flexibility index (Phi) is 3.88. The topological polar surface area (TPSA) is 36.3 Å². The molecule has 0 N–H and O–H groups in total. The summed E-state index contributed by atoms with van der Waals surface area (Å²) in [5.74, 6) is 0.859. The second kappa shape index (κ2) is 5.95. The number of imidazole rings is 1. The molecule has 4 nitrogen and oxygen atoms in total. The molecule has 0 spiro atoms. The van der Waals surface area contributed by atoms with Gasteiger partial charge in [0.25, 0.3) is 6.01 Å². The average Bonchev–Trinajstić information content (AvgIpc) is 3.09. The van der Waals surface area contributed by atoms with E-state index in [0.717, 1.165) is 23.3 Å². The lowest BCUT2D eigenvalue weighted by molar-refractivity contribution is 0.144. The summed E-state index contributed by atoms with van der Waals surface area (Å²) in [7, 11) is 0. The van der Waals surface area contributed by atoms with Crippen LogP contribution in [0.15, 0.2) is 42.5 Å². The Morgan fingerprint density at radius 1 is 1.20 bits per heavy atom. The number of halogens is 1. The van der Waals surface area contributed by atoms with E-state index in [1.165, 1.54) is 5.56 Å². The van der Waals surface area contributed by atoms with Crippen molar-refractivity contribution in [2.24, 2.45) is 0 Å². The van der Waals surface area contributed by atoms with Gasteiger partial charge >= 0.3 is 0 Å². The van der Waals surface area contributed by atoms with Gasteiger partial charge in [0.15, 0.2) is 6.10 Å². The smallest absolute Gasteiger partial charge is 0.297 e. The zero-order valence-corrected chi connectivity index (χ0v) is 15.4. The van der Waals surface area contributed by atoms with Crippen molar-refractivity contribution in [2.45, 2.75) is 38.8 Å². The Labute approximate surface area is 152 Å². The highest BCUT2D eigenvalue weighted by atomic mass is 35.5. The molecule has 0 bridgehead atoms. The molecule has 2 heterocycles. The molecule has 1 aromatic heterocycles. The molecule has 1 aliphatic heterocycles.